The molecule has 0 amide bonds. The maximum absolute atomic E-state index is 8.68. The first-order valence-electron chi connectivity index (χ1n) is 7.14. The summed E-state index contributed by atoms with van der Waals surface area (Å²) < 4.78 is 0. The number of anilines is 1. The number of hydrogen-bond acceptors (Lipinski definition) is 3. The zero-order chi connectivity index (χ0) is 13.2. The maximum atomic E-state index is 8.68. The van der Waals surface area contributed by atoms with Gasteiger partial charge in [0.05, 0.1) is 0 Å². The second-order valence-corrected chi connectivity index (χ2v) is 5.63. The van der Waals surface area contributed by atoms with Gasteiger partial charge in [-0.1, -0.05) is 11.6 Å². The largest absolute Gasteiger partial charge is 0.409 e. The minimum absolute atomic E-state index is 0.170. The van der Waals surface area contributed by atoms with Gasteiger partial charge in [0.15, 0.2) is 5.84 Å². The average molecular weight is 259 g/mol. The van der Waals surface area contributed by atoms with Crippen LogP contribution in [-0.2, 0) is 0 Å². The van der Waals surface area contributed by atoms with Crippen molar-refractivity contribution in [1.82, 2.24) is 0 Å². The highest BCUT2D eigenvalue weighted by Gasteiger charge is 2.34. The Balaban J connectivity index is 1.81. The molecule has 1 heterocycles. The first-order chi connectivity index (χ1) is 9.29. The highest BCUT2D eigenvalue weighted by molar-refractivity contribution is 5.97. The summed E-state index contributed by atoms with van der Waals surface area (Å²) in [5, 5.41) is 11.7. The molecule has 2 atom stereocenters. The molecule has 1 aliphatic heterocycles. The Hall–Kier alpha value is -1.71. The fraction of sp³-hybridized carbons (Fsp3) is 0.533. The normalized spacial score (nSPS) is 27.4. The van der Waals surface area contributed by atoms with E-state index in [1.807, 2.05) is 12.1 Å². The smallest absolute Gasteiger partial charge is 0.170 e. The van der Waals surface area contributed by atoms with Crippen LogP contribution < -0.4 is 10.6 Å². The monoisotopic (exact) mass is 259 g/mol. The van der Waals surface area contributed by atoms with Crippen LogP contribution in [0.4, 0.5) is 5.69 Å². The van der Waals surface area contributed by atoms with Crippen LogP contribution in [0.25, 0.3) is 0 Å². The molecule has 4 heteroatoms. The van der Waals surface area contributed by atoms with Crippen molar-refractivity contribution in [3.05, 3.63) is 29.8 Å². The third-order valence-electron chi connectivity index (χ3n) is 4.60. The lowest BCUT2D eigenvalue weighted by Gasteiger charge is -2.39. The number of amidine groups is 1. The first kappa shape index (κ1) is 12.3. The molecule has 1 saturated carbocycles. The van der Waals surface area contributed by atoms with Gasteiger partial charge in [0.1, 0.15) is 0 Å². The van der Waals surface area contributed by atoms with Crippen molar-refractivity contribution < 1.29 is 5.21 Å². The number of benzene rings is 1. The molecule has 1 saturated heterocycles. The number of oxime groups is 1. The quantitative estimate of drug-likeness (QED) is 0.371. The Bertz CT molecular complexity index is 469. The Labute approximate surface area is 113 Å². The summed E-state index contributed by atoms with van der Waals surface area (Å²) in [5.74, 6) is 1.06. The summed E-state index contributed by atoms with van der Waals surface area (Å²) in [6.07, 6.45) is 6.77. The van der Waals surface area contributed by atoms with Gasteiger partial charge in [-0.05, 0) is 55.9 Å². The average Bonchev–Trinajstić information content (AvgIpc) is 2.95. The second kappa shape index (κ2) is 5.11. The fourth-order valence-electron chi connectivity index (χ4n) is 3.66. The van der Waals surface area contributed by atoms with Gasteiger partial charge in [-0.15, -0.1) is 0 Å². The SMILES string of the molecule is NC(=NO)c1ccc(N2CCCC3CCCC32)cc1. The van der Waals surface area contributed by atoms with E-state index in [2.05, 4.69) is 22.2 Å². The minimum Gasteiger partial charge on any atom is -0.409 e. The molecule has 0 spiro atoms. The molecule has 19 heavy (non-hydrogen) atoms. The molecule has 1 aromatic rings. The summed E-state index contributed by atoms with van der Waals surface area (Å²) in [7, 11) is 0. The number of fused-ring (bicyclic) bond motifs is 1. The zero-order valence-corrected chi connectivity index (χ0v) is 11.1. The van der Waals surface area contributed by atoms with E-state index in [9.17, 15) is 0 Å². The minimum atomic E-state index is 0.170. The predicted octanol–water partition coefficient (Wildman–Crippen LogP) is 2.55. The van der Waals surface area contributed by atoms with Crippen molar-refractivity contribution in [2.24, 2.45) is 16.8 Å². The summed E-state index contributed by atoms with van der Waals surface area (Å²) in [6, 6.07) is 8.78. The standard InChI is InChI=1S/C15H21N3O/c16-15(17-19)12-6-8-13(9-7-12)18-10-2-4-11-3-1-5-14(11)18/h6-9,11,14,19H,1-5,10H2,(H2,16,17). The van der Waals surface area contributed by atoms with Crippen molar-refractivity contribution >= 4 is 11.5 Å². The fourth-order valence-corrected chi connectivity index (χ4v) is 3.66. The van der Waals surface area contributed by atoms with E-state index in [0.29, 0.717) is 0 Å². The molecule has 1 aromatic carbocycles. The highest BCUT2D eigenvalue weighted by Crippen LogP contribution is 2.39. The van der Waals surface area contributed by atoms with Gasteiger partial charge in [-0.2, -0.15) is 0 Å². The van der Waals surface area contributed by atoms with E-state index in [4.69, 9.17) is 10.9 Å². The van der Waals surface area contributed by atoms with Crippen LogP contribution in [0.1, 0.15) is 37.7 Å². The van der Waals surface area contributed by atoms with Crippen molar-refractivity contribution in [1.29, 1.82) is 0 Å². The van der Waals surface area contributed by atoms with E-state index in [-0.39, 0.29) is 5.84 Å². The molecule has 0 radical (unpaired) electrons. The van der Waals surface area contributed by atoms with Gasteiger partial charge in [-0.3, -0.25) is 0 Å². The van der Waals surface area contributed by atoms with Crippen LogP contribution in [0.2, 0.25) is 0 Å². The van der Waals surface area contributed by atoms with Gasteiger partial charge in [0.2, 0.25) is 0 Å². The summed E-state index contributed by atoms with van der Waals surface area (Å²) in [4.78, 5) is 2.55. The van der Waals surface area contributed by atoms with Crippen molar-refractivity contribution in [3.63, 3.8) is 0 Å². The topological polar surface area (TPSA) is 61.9 Å². The third kappa shape index (κ3) is 2.27. The molecule has 1 aliphatic carbocycles. The van der Waals surface area contributed by atoms with Gasteiger partial charge >= 0.3 is 0 Å². The summed E-state index contributed by atoms with van der Waals surface area (Å²) in [5.41, 5.74) is 7.63. The molecule has 2 aliphatic rings. The molecule has 3 N–H and O–H groups in total. The van der Waals surface area contributed by atoms with Crippen molar-refractivity contribution in [2.75, 3.05) is 11.4 Å². The van der Waals surface area contributed by atoms with Gasteiger partial charge in [0, 0.05) is 23.8 Å². The molecular weight excluding hydrogens is 238 g/mol. The third-order valence-corrected chi connectivity index (χ3v) is 4.60. The Morgan fingerprint density at radius 3 is 2.63 bits per heavy atom. The first-order valence-corrected chi connectivity index (χ1v) is 7.14. The second-order valence-electron chi connectivity index (χ2n) is 5.63. The maximum Gasteiger partial charge on any atom is 0.170 e. The van der Waals surface area contributed by atoms with E-state index in [1.54, 1.807) is 0 Å². The molecule has 0 aromatic heterocycles. The van der Waals surface area contributed by atoms with Crippen molar-refractivity contribution in [3.8, 4) is 0 Å². The highest BCUT2D eigenvalue weighted by atomic mass is 16.4. The number of hydrogen-bond donors (Lipinski definition) is 2. The lowest BCUT2D eigenvalue weighted by molar-refractivity contribution is 0.318. The lowest BCUT2D eigenvalue weighted by atomic mass is 9.91. The predicted molar refractivity (Wildman–Crippen MR) is 76.7 cm³/mol. The summed E-state index contributed by atoms with van der Waals surface area (Å²) >= 11 is 0. The van der Waals surface area contributed by atoms with Crippen LogP contribution in [0, 0.1) is 5.92 Å². The molecular formula is C15H21N3O. The van der Waals surface area contributed by atoms with E-state index < -0.39 is 0 Å². The van der Waals surface area contributed by atoms with Gasteiger partial charge < -0.3 is 15.8 Å². The van der Waals surface area contributed by atoms with Crippen molar-refractivity contribution in [2.45, 2.75) is 38.1 Å². The van der Waals surface area contributed by atoms with Crippen LogP contribution in [0.3, 0.4) is 0 Å². The van der Waals surface area contributed by atoms with E-state index in [1.165, 1.54) is 37.8 Å². The van der Waals surface area contributed by atoms with Crippen LogP contribution >= 0.6 is 0 Å². The molecule has 4 nitrogen and oxygen atoms in total. The Morgan fingerprint density at radius 2 is 1.89 bits per heavy atom. The lowest BCUT2D eigenvalue weighted by Crippen LogP contribution is -2.42. The molecule has 2 unspecified atom stereocenters. The molecule has 102 valence electrons. The van der Waals surface area contributed by atoms with E-state index in [0.717, 1.165) is 24.1 Å². The number of nitrogens with two attached hydrogens (primary N) is 1. The van der Waals surface area contributed by atoms with Crippen LogP contribution in [-0.4, -0.2) is 23.6 Å². The van der Waals surface area contributed by atoms with E-state index >= 15 is 0 Å². The molecule has 2 fully saturated rings. The molecule has 3 rings (SSSR count). The van der Waals surface area contributed by atoms with Crippen LogP contribution in [0.15, 0.2) is 29.4 Å². The number of nitrogens with zero attached hydrogens (tertiary/aromatic N) is 2. The van der Waals surface area contributed by atoms with Gasteiger partial charge in [-0.25, -0.2) is 0 Å². The van der Waals surface area contributed by atoms with Crippen LogP contribution in [0.5, 0.6) is 0 Å². The Morgan fingerprint density at radius 1 is 1.16 bits per heavy atom. The summed E-state index contributed by atoms with van der Waals surface area (Å²) in [6.45, 7) is 1.16. The molecule has 0 bridgehead atoms. The number of piperidine rings is 1. The van der Waals surface area contributed by atoms with Gasteiger partial charge in [0.25, 0.3) is 0 Å². The Kier molecular flexibility index (Phi) is 3.32. The number of rotatable bonds is 2. The zero-order valence-electron chi connectivity index (χ0n) is 11.1.